The van der Waals surface area contributed by atoms with Crippen molar-refractivity contribution in [3.05, 3.63) is 65.2 Å². The molecule has 2 atom stereocenters. The normalized spacial score (nSPS) is 12.3. The van der Waals surface area contributed by atoms with Crippen LogP contribution in [0.15, 0.2) is 48.5 Å². The van der Waals surface area contributed by atoms with Crippen molar-refractivity contribution in [1.29, 1.82) is 0 Å². The number of ether oxygens (including phenoxy) is 2. The van der Waals surface area contributed by atoms with Crippen LogP contribution in [0.5, 0.6) is 5.75 Å². The molecule has 10 heteroatoms. The maximum Gasteiger partial charge on any atom is 0.408 e. The zero-order valence-electron chi connectivity index (χ0n) is 28.5. The summed E-state index contributed by atoms with van der Waals surface area (Å²) < 4.78 is 10.5. The first-order valence-corrected chi connectivity index (χ1v) is 16.5. The summed E-state index contributed by atoms with van der Waals surface area (Å²) in [5.41, 5.74) is 1.01. The molecule has 0 spiro atoms. The smallest absolute Gasteiger partial charge is 0.408 e. The zero-order chi connectivity index (χ0) is 34.8. The van der Waals surface area contributed by atoms with E-state index in [1.807, 2.05) is 0 Å². The van der Waals surface area contributed by atoms with Gasteiger partial charge in [0.2, 0.25) is 11.8 Å². The molecule has 256 valence electrons. The third-order valence-electron chi connectivity index (χ3n) is 7.29. The van der Waals surface area contributed by atoms with Gasteiger partial charge in [-0.15, -0.1) is 6.42 Å². The Bertz CT molecular complexity index is 1330. The van der Waals surface area contributed by atoms with Crippen molar-refractivity contribution in [1.82, 2.24) is 15.5 Å². The molecule has 2 rings (SSSR count). The van der Waals surface area contributed by atoms with E-state index in [2.05, 4.69) is 23.5 Å². The fourth-order valence-electron chi connectivity index (χ4n) is 5.00. The highest BCUT2D eigenvalue weighted by molar-refractivity contribution is 5.92. The Morgan fingerprint density at radius 3 is 2.17 bits per heavy atom. The molecule has 2 aromatic carbocycles. The molecule has 0 radical (unpaired) electrons. The van der Waals surface area contributed by atoms with Crippen LogP contribution in [0.2, 0.25) is 0 Å². The highest BCUT2D eigenvalue weighted by atomic mass is 16.6. The highest BCUT2D eigenvalue weighted by Crippen LogP contribution is 2.25. The summed E-state index contributed by atoms with van der Waals surface area (Å²) in [6.45, 7) is 9.51. The van der Waals surface area contributed by atoms with E-state index in [1.54, 1.807) is 64.1 Å². The van der Waals surface area contributed by atoms with E-state index in [0.29, 0.717) is 23.1 Å². The van der Waals surface area contributed by atoms with Crippen molar-refractivity contribution in [2.24, 2.45) is 0 Å². The lowest BCUT2D eigenvalue weighted by Gasteiger charge is -2.34. The van der Waals surface area contributed by atoms with E-state index in [4.69, 9.17) is 15.9 Å². The number of terminal acetylenes is 1. The molecule has 0 aliphatic carbocycles. The van der Waals surface area contributed by atoms with Crippen LogP contribution in [-0.2, 0) is 30.3 Å². The third-order valence-corrected chi connectivity index (χ3v) is 7.29. The average molecular weight is 650 g/mol. The number of nitrogens with zero attached hydrogens (tertiary/aromatic N) is 1. The Kier molecular flexibility index (Phi) is 16.3. The summed E-state index contributed by atoms with van der Waals surface area (Å²) in [7, 11) is 0. The van der Waals surface area contributed by atoms with Gasteiger partial charge in [-0.3, -0.25) is 14.4 Å². The van der Waals surface area contributed by atoms with Gasteiger partial charge in [0.15, 0.2) is 0 Å². The van der Waals surface area contributed by atoms with Crippen LogP contribution >= 0.6 is 0 Å². The molecule has 3 N–H and O–H groups in total. The van der Waals surface area contributed by atoms with Crippen LogP contribution in [0.3, 0.4) is 0 Å². The number of hydrogen-bond acceptors (Lipinski definition) is 7. The predicted octanol–water partition coefficient (Wildman–Crippen LogP) is 5.81. The summed E-state index contributed by atoms with van der Waals surface area (Å²) in [5, 5.41) is 15.4. The first kappa shape index (κ1) is 38.7. The summed E-state index contributed by atoms with van der Waals surface area (Å²) in [6.07, 6.45) is 10.6. The summed E-state index contributed by atoms with van der Waals surface area (Å²) >= 11 is 0. The minimum atomic E-state index is -1.10. The van der Waals surface area contributed by atoms with E-state index in [1.165, 1.54) is 17.0 Å². The fraction of sp³-hybridized carbons (Fsp3) is 0.514. The fourth-order valence-corrected chi connectivity index (χ4v) is 5.00. The topological polar surface area (TPSA) is 134 Å². The Morgan fingerprint density at radius 1 is 0.936 bits per heavy atom. The lowest BCUT2D eigenvalue weighted by atomic mass is 9.98. The number of rotatable bonds is 18. The number of phenols is 1. The van der Waals surface area contributed by atoms with E-state index in [0.717, 1.165) is 32.1 Å². The predicted molar refractivity (Wildman–Crippen MR) is 181 cm³/mol. The van der Waals surface area contributed by atoms with Gasteiger partial charge < -0.3 is 30.1 Å². The molecule has 3 amide bonds. The Labute approximate surface area is 279 Å². The molecule has 47 heavy (non-hydrogen) atoms. The zero-order valence-corrected chi connectivity index (χ0v) is 28.5. The van der Waals surface area contributed by atoms with Gasteiger partial charge in [0.1, 0.15) is 23.4 Å². The average Bonchev–Trinajstić information content (AvgIpc) is 3.02. The van der Waals surface area contributed by atoms with Crippen LogP contribution in [-0.4, -0.2) is 65.2 Å². The number of phenolic OH excluding ortho intramolecular Hbond substituents is 1. The van der Waals surface area contributed by atoms with Crippen molar-refractivity contribution in [2.75, 3.05) is 19.7 Å². The lowest BCUT2D eigenvalue weighted by Crippen LogP contribution is -2.54. The van der Waals surface area contributed by atoms with Gasteiger partial charge in [-0.05, 0) is 69.5 Å². The van der Waals surface area contributed by atoms with Gasteiger partial charge in [-0.1, -0.05) is 69.2 Å². The molecule has 2 unspecified atom stereocenters. The van der Waals surface area contributed by atoms with Gasteiger partial charge in [0.05, 0.1) is 13.0 Å². The number of alkyl carbamates (subject to hydrolysis) is 1. The molecule has 0 fully saturated rings. The minimum Gasteiger partial charge on any atom is -0.508 e. The Morgan fingerprint density at radius 2 is 1.57 bits per heavy atom. The number of esters is 1. The largest absolute Gasteiger partial charge is 0.508 e. The number of benzene rings is 2. The Balaban J connectivity index is 2.54. The van der Waals surface area contributed by atoms with Crippen LogP contribution in [0.4, 0.5) is 4.79 Å². The number of hydrogen-bond donors (Lipinski definition) is 3. The molecule has 0 saturated carbocycles. The first-order valence-electron chi connectivity index (χ1n) is 16.5. The SMILES string of the molecule is C#Cc1ccc(C(C(=O)NCCC(=O)OCC)N(CCCCCCCC)C(=O)C(Cc2ccc(O)cc2)NC(=O)OC(C)(C)C)cc1. The minimum absolute atomic E-state index is 0.0166. The first-order chi connectivity index (χ1) is 22.4. The van der Waals surface area contributed by atoms with Gasteiger partial charge in [-0.2, -0.15) is 0 Å². The quantitative estimate of drug-likeness (QED) is 0.105. The van der Waals surface area contributed by atoms with Gasteiger partial charge in [-0.25, -0.2) is 4.79 Å². The van der Waals surface area contributed by atoms with E-state index >= 15 is 0 Å². The molecule has 10 nitrogen and oxygen atoms in total. The van der Waals surface area contributed by atoms with Crippen molar-refractivity contribution in [3.63, 3.8) is 0 Å². The standard InChI is InChI=1S/C37H51N3O7/c1-7-10-11-12-13-14-25-40(33(29-19-15-27(8-2)16-20-29)34(43)38-24-23-32(42)46-9-3)35(44)31(39-36(45)47-37(4,5)6)26-28-17-21-30(41)22-18-28/h2,15-22,31,33,41H,7,9-14,23-26H2,1,3-6H3,(H,38,43)(H,39,45). The summed E-state index contributed by atoms with van der Waals surface area (Å²) in [6, 6.07) is 11.0. The lowest BCUT2D eigenvalue weighted by molar-refractivity contribution is -0.144. The maximum absolute atomic E-state index is 14.6. The van der Waals surface area contributed by atoms with E-state index in [-0.39, 0.29) is 38.3 Å². The number of amides is 3. The molecule has 0 aliphatic rings. The van der Waals surface area contributed by atoms with Crippen LogP contribution < -0.4 is 10.6 Å². The number of nitrogens with one attached hydrogen (secondary N) is 2. The Hall–Kier alpha value is -4.52. The molecular formula is C37H51N3O7. The van der Waals surface area contributed by atoms with Gasteiger partial charge in [0.25, 0.3) is 0 Å². The van der Waals surface area contributed by atoms with Crippen molar-refractivity contribution >= 4 is 23.9 Å². The van der Waals surface area contributed by atoms with E-state index in [9.17, 15) is 24.3 Å². The van der Waals surface area contributed by atoms with Crippen molar-refractivity contribution in [2.45, 2.75) is 104 Å². The summed E-state index contributed by atoms with van der Waals surface area (Å²) in [5.74, 6) is 1.22. The van der Waals surface area contributed by atoms with E-state index < -0.39 is 41.6 Å². The van der Waals surface area contributed by atoms with Crippen molar-refractivity contribution in [3.8, 4) is 18.1 Å². The van der Waals surface area contributed by atoms with Gasteiger partial charge >= 0.3 is 12.1 Å². The van der Waals surface area contributed by atoms with Crippen LogP contribution in [0.1, 0.15) is 102 Å². The van der Waals surface area contributed by atoms with Crippen molar-refractivity contribution < 1.29 is 33.8 Å². The number of carbonyl (C=O) groups excluding carboxylic acids is 4. The second-order valence-corrected chi connectivity index (χ2v) is 12.4. The van der Waals surface area contributed by atoms with Crippen LogP contribution in [0.25, 0.3) is 0 Å². The molecule has 2 aromatic rings. The molecule has 0 bridgehead atoms. The molecule has 0 aliphatic heterocycles. The third kappa shape index (κ3) is 14.2. The van der Waals surface area contributed by atoms with Gasteiger partial charge in [0, 0.05) is 25.1 Å². The highest BCUT2D eigenvalue weighted by Gasteiger charge is 2.36. The number of carbonyl (C=O) groups is 4. The van der Waals surface area contributed by atoms with Crippen LogP contribution in [0, 0.1) is 12.3 Å². The number of unbranched alkanes of at least 4 members (excludes halogenated alkanes) is 5. The second-order valence-electron chi connectivity index (χ2n) is 12.4. The monoisotopic (exact) mass is 649 g/mol. The molecule has 0 aromatic heterocycles. The summed E-state index contributed by atoms with van der Waals surface area (Å²) in [4.78, 5) is 55.1. The molecule has 0 saturated heterocycles. The molecular weight excluding hydrogens is 598 g/mol. The molecule has 0 heterocycles. The second kappa shape index (κ2) is 19.9. The maximum atomic E-state index is 14.6. The number of aromatic hydroxyl groups is 1.